The molecule has 3 N–H and O–H groups in total. The monoisotopic (exact) mass is 723 g/mol. The van der Waals surface area contributed by atoms with E-state index in [0.29, 0.717) is 12.8 Å². The Morgan fingerprint density at radius 1 is 0.600 bits per heavy atom. The van der Waals surface area contributed by atoms with Crippen molar-refractivity contribution < 1.29 is 37.6 Å². The summed E-state index contributed by atoms with van der Waals surface area (Å²) in [6, 6.07) is 0. The average Bonchev–Trinajstić information content (AvgIpc) is 3.10. The van der Waals surface area contributed by atoms with Crippen molar-refractivity contribution in [1.82, 2.24) is 0 Å². The maximum absolute atomic E-state index is 12.5. The zero-order valence-electron chi connectivity index (χ0n) is 31.4. The van der Waals surface area contributed by atoms with E-state index in [-0.39, 0.29) is 32.6 Å². The predicted molar refractivity (Wildman–Crippen MR) is 206 cm³/mol. The van der Waals surface area contributed by atoms with E-state index in [1.165, 1.54) is 32.1 Å². The van der Waals surface area contributed by atoms with E-state index in [1.807, 2.05) is 0 Å². The second-order valence-electron chi connectivity index (χ2n) is 12.4. The summed E-state index contributed by atoms with van der Waals surface area (Å²) in [5.41, 5.74) is 5.33. The number of unbranched alkanes of at least 4 members (excludes halogenated alkanes) is 12. The molecule has 0 aromatic heterocycles. The molecule has 1 unspecified atom stereocenters. The van der Waals surface area contributed by atoms with Crippen molar-refractivity contribution in [3.8, 4) is 0 Å². The Morgan fingerprint density at radius 2 is 1.06 bits per heavy atom. The lowest BCUT2D eigenvalue weighted by molar-refractivity contribution is -0.161. The minimum atomic E-state index is -4.39. The zero-order valence-corrected chi connectivity index (χ0v) is 32.3. The highest BCUT2D eigenvalue weighted by Gasteiger charge is 2.25. The minimum absolute atomic E-state index is 0.0430. The lowest BCUT2D eigenvalue weighted by atomic mass is 10.1. The Hall–Kier alpha value is -2.29. The fourth-order valence-electron chi connectivity index (χ4n) is 4.71. The van der Waals surface area contributed by atoms with Crippen LogP contribution in [0.3, 0.4) is 0 Å². The number of ether oxygens (including phenoxy) is 2. The maximum atomic E-state index is 12.5. The van der Waals surface area contributed by atoms with Crippen molar-refractivity contribution >= 4 is 19.8 Å². The van der Waals surface area contributed by atoms with Gasteiger partial charge in [-0.2, -0.15) is 0 Å². The van der Waals surface area contributed by atoms with Crippen molar-refractivity contribution in [2.45, 2.75) is 155 Å². The smallest absolute Gasteiger partial charge is 0.462 e. The molecule has 0 radical (unpaired) electrons. The third-order valence-corrected chi connectivity index (χ3v) is 8.61. The number of hydrogen-bond acceptors (Lipinski definition) is 8. The van der Waals surface area contributed by atoms with Gasteiger partial charge in [0.05, 0.1) is 13.2 Å². The lowest BCUT2D eigenvalue weighted by Gasteiger charge is -2.19. The Bertz CT molecular complexity index is 1010. The second kappa shape index (κ2) is 36.5. The SMILES string of the molecule is CCCC/C=C\C/C=C\CCCCCCCC(=O)O[C@H](COC(=O)CCCC/C=C\C/C=C\C/C=C\CCCCC)COP(=O)(O)OCCN. The molecule has 0 saturated carbocycles. The van der Waals surface area contributed by atoms with Crippen LogP contribution in [-0.4, -0.2) is 49.3 Å². The molecule has 0 bridgehead atoms. The summed E-state index contributed by atoms with van der Waals surface area (Å²) in [7, 11) is -4.39. The first-order valence-corrected chi connectivity index (χ1v) is 20.8. The van der Waals surface area contributed by atoms with Crippen LogP contribution in [0.1, 0.15) is 149 Å². The van der Waals surface area contributed by atoms with Gasteiger partial charge in [0.15, 0.2) is 6.10 Å². The van der Waals surface area contributed by atoms with Crippen LogP contribution in [-0.2, 0) is 32.7 Å². The van der Waals surface area contributed by atoms with Crippen LogP contribution in [0.5, 0.6) is 0 Å². The first-order chi connectivity index (χ1) is 24.3. The molecule has 288 valence electrons. The average molecular weight is 724 g/mol. The lowest BCUT2D eigenvalue weighted by Crippen LogP contribution is -2.29. The molecule has 0 amide bonds. The summed E-state index contributed by atoms with van der Waals surface area (Å²) in [5, 5.41) is 0. The predicted octanol–water partition coefficient (Wildman–Crippen LogP) is 10.5. The molecule has 0 aromatic carbocycles. The standard InChI is InChI=1S/C40H70NO8P/c1-3-5-7-9-11-13-15-17-19-21-22-24-26-28-30-32-39(42)46-36-38(37-48-50(44,45)47-35-34-41)49-40(43)33-31-29-27-25-23-20-18-16-14-12-10-8-6-4-2/h10-13,16-19,22,24,38H,3-9,14-15,20-21,23,25-37,41H2,1-2H3,(H,44,45)/b12-10-,13-11-,18-16-,19-17-,24-22-/t38-/m1/s1. The Morgan fingerprint density at radius 3 is 1.64 bits per heavy atom. The summed E-state index contributed by atoms with van der Waals surface area (Å²) >= 11 is 0. The fraction of sp³-hybridized carbons (Fsp3) is 0.700. The minimum Gasteiger partial charge on any atom is -0.462 e. The third-order valence-electron chi connectivity index (χ3n) is 7.63. The molecule has 0 rings (SSSR count). The number of carbonyl (C=O) groups excluding carboxylic acids is 2. The Labute approximate surface area is 304 Å². The van der Waals surface area contributed by atoms with Gasteiger partial charge in [0.25, 0.3) is 0 Å². The van der Waals surface area contributed by atoms with E-state index in [0.717, 1.165) is 77.0 Å². The number of allylic oxidation sites excluding steroid dienone is 10. The van der Waals surface area contributed by atoms with Crippen LogP contribution in [0, 0.1) is 0 Å². The van der Waals surface area contributed by atoms with Gasteiger partial charge in [-0.3, -0.25) is 18.6 Å². The highest BCUT2D eigenvalue weighted by molar-refractivity contribution is 7.47. The molecule has 0 heterocycles. The molecular weight excluding hydrogens is 653 g/mol. The van der Waals surface area contributed by atoms with Crippen LogP contribution in [0.15, 0.2) is 60.8 Å². The Balaban J connectivity index is 4.33. The molecule has 50 heavy (non-hydrogen) atoms. The summed E-state index contributed by atoms with van der Waals surface area (Å²) in [5.74, 6) is -0.897. The van der Waals surface area contributed by atoms with Crippen molar-refractivity contribution in [2.24, 2.45) is 5.73 Å². The number of hydrogen-bond donors (Lipinski definition) is 2. The fourth-order valence-corrected chi connectivity index (χ4v) is 5.48. The largest absolute Gasteiger partial charge is 0.472 e. The molecule has 0 spiro atoms. The Kier molecular flexibility index (Phi) is 34.8. The highest BCUT2D eigenvalue weighted by Crippen LogP contribution is 2.43. The molecule has 0 aliphatic carbocycles. The van der Waals surface area contributed by atoms with Gasteiger partial charge in [0.2, 0.25) is 0 Å². The van der Waals surface area contributed by atoms with Gasteiger partial charge in [0.1, 0.15) is 6.61 Å². The third kappa shape index (κ3) is 35.5. The highest BCUT2D eigenvalue weighted by atomic mass is 31.2. The van der Waals surface area contributed by atoms with Gasteiger partial charge in [-0.05, 0) is 77.0 Å². The summed E-state index contributed by atoms with van der Waals surface area (Å²) < 4.78 is 32.6. The number of esters is 2. The van der Waals surface area contributed by atoms with Crippen molar-refractivity contribution in [3.05, 3.63) is 60.8 Å². The number of phosphoric ester groups is 1. The van der Waals surface area contributed by atoms with Crippen LogP contribution in [0.2, 0.25) is 0 Å². The summed E-state index contributed by atoms with van der Waals surface area (Å²) in [6.07, 6.45) is 41.1. The van der Waals surface area contributed by atoms with E-state index >= 15 is 0 Å². The van der Waals surface area contributed by atoms with E-state index in [4.69, 9.17) is 24.3 Å². The van der Waals surface area contributed by atoms with Gasteiger partial charge >= 0.3 is 19.8 Å². The number of nitrogens with two attached hydrogens (primary N) is 1. The molecular formula is C40H70NO8P. The molecule has 9 nitrogen and oxygen atoms in total. The second-order valence-corrected chi connectivity index (χ2v) is 13.9. The maximum Gasteiger partial charge on any atom is 0.472 e. The number of rotatable bonds is 35. The van der Waals surface area contributed by atoms with Crippen LogP contribution < -0.4 is 5.73 Å². The first kappa shape index (κ1) is 47.7. The van der Waals surface area contributed by atoms with Gasteiger partial charge in [0, 0.05) is 19.4 Å². The first-order valence-electron chi connectivity index (χ1n) is 19.3. The van der Waals surface area contributed by atoms with Gasteiger partial charge in [-0.15, -0.1) is 0 Å². The number of carbonyl (C=O) groups is 2. The quantitative estimate of drug-likeness (QED) is 0.0283. The van der Waals surface area contributed by atoms with E-state index in [2.05, 4.69) is 74.6 Å². The van der Waals surface area contributed by atoms with Crippen molar-refractivity contribution in [1.29, 1.82) is 0 Å². The molecule has 10 heteroatoms. The van der Waals surface area contributed by atoms with E-state index in [1.54, 1.807) is 0 Å². The van der Waals surface area contributed by atoms with E-state index in [9.17, 15) is 19.0 Å². The van der Waals surface area contributed by atoms with Gasteiger partial charge in [-0.25, -0.2) is 4.57 Å². The van der Waals surface area contributed by atoms with Crippen LogP contribution >= 0.6 is 7.82 Å². The molecule has 0 saturated heterocycles. The topological polar surface area (TPSA) is 134 Å². The zero-order chi connectivity index (χ0) is 36.8. The molecule has 0 aliphatic heterocycles. The molecule has 0 aromatic rings. The molecule has 0 aliphatic rings. The molecule has 2 atom stereocenters. The summed E-state index contributed by atoms with van der Waals surface area (Å²) in [6.45, 7) is 3.57. The van der Waals surface area contributed by atoms with Crippen LogP contribution in [0.25, 0.3) is 0 Å². The van der Waals surface area contributed by atoms with Crippen LogP contribution in [0.4, 0.5) is 0 Å². The summed E-state index contributed by atoms with van der Waals surface area (Å²) in [4.78, 5) is 34.7. The van der Waals surface area contributed by atoms with Crippen molar-refractivity contribution in [3.63, 3.8) is 0 Å². The molecule has 0 fully saturated rings. The van der Waals surface area contributed by atoms with Crippen molar-refractivity contribution in [2.75, 3.05) is 26.4 Å². The normalized spacial score (nSPS) is 14.1. The van der Waals surface area contributed by atoms with Gasteiger partial charge in [-0.1, -0.05) is 120 Å². The number of phosphoric acid groups is 1. The van der Waals surface area contributed by atoms with E-state index < -0.39 is 32.5 Å². The van der Waals surface area contributed by atoms with Gasteiger partial charge < -0.3 is 20.1 Å².